The molecule has 0 aliphatic heterocycles. The molecule has 7 nitrogen and oxygen atoms in total. The smallest absolute Gasteiger partial charge is 0.239 e. The Hall–Kier alpha value is -1.89. The molecule has 1 unspecified atom stereocenters. The van der Waals surface area contributed by atoms with Gasteiger partial charge in [0.15, 0.2) is 5.82 Å². The molecule has 1 aromatic heterocycles. The Balaban J connectivity index is 2.83. The molecule has 0 saturated carbocycles. The minimum Gasteiger partial charge on any atom is -0.384 e. The molecule has 1 rings (SSSR count). The van der Waals surface area contributed by atoms with E-state index < -0.39 is 11.9 Å². The Labute approximate surface area is 93.2 Å². The Morgan fingerprint density at radius 2 is 2.31 bits per heavy atom. The summed E-state index contributed by atoms with van der Waals surface area (Å²) in [6, 6.07) is 1.00. The maximum Gasteiger partial charge on any atom is 0.239 e. The number of methoxy groups -OCH3 is 1. The van der Waals surface area contributed by atoms with Gasteiger partial charge in [0.05, 0.1) is 0 Å². The zero-order valence-corrected chi connectivity index (χ0v) is 9.23. The van der Waals surface area contributed by atoms with Crippen molar-refractivity contribution < 1.29 is 9.53 Å². The van der Waals surface area contributed by atoms with Crippen molar-refractivity contribution in [3.8, 4) is 0 Å². The highest BCUT2D eigenvalue weighted by Gasteiger charge is 2.10. The average Bonchev–Trinajstić information content (AvgIpc) is 2.16. The van der Waals surface area contributed by atoms with Gasteiger partial charge in [0, 0.05) is 13.2 Å². The molecule has 0 aromatic carbocycles. The highest BCUT2D eigenvalue weighted by molar-refractivity contribution is 5.82. The third-order valence-electron chi connectivity index (χ3n) is 1.86. The zero-order valence-electron chi connectivity index (χ0n) is 9.23. The molecule has 0 aliphatic carbocycles. The summed E-state index contributed by atoms with van der Waals surface area (Å²) in [7, 11) is 1.53. The molecule has 88 valence electrons. The molecule has 0 bridgehead atoms. The zero-order chi connectivity index (χ0) is 12.1. The van der Waals surface area contributed by atoms with Crippen LogP contribution in [0.15, 0.2) is 6.07 Å². The summed E-state index contributed by atoms with van der Waals surface area (Å²) in [5.41, 5.74) is 10.7. The molecule has 16 heavy (non-hydrogen) atoms. The minimum absolute atomic E-state index is 0.255. The Kier molecular flexibility index (Phi) is 4.01. The Morgan fingerprint density at radius 1 is 1.62 bits per heavy atom. The van der Waals surface area contributed by atoms with Crippen LogP contribution >= 0.6 is 0 Å². The van der Waals surface area contributed by atoms with E-state index in [1.165, 1.54) is 13.2 Å². The van der Waals surface area contributed by atoms with Crippen LogP contribution in [0.1, 0.15) is 12.7 Å². The van der Waals surface area contributed by atoms with Crippen LogP contribution in [0.2, 0.25) is 0 Å². The topological polar surface area (TPSA) is 116 Å². The molecule has 1 aromatic rings. The van der Waals surface area contributed by atoms with Crippen molar-refractivity contribution in [1.29, 1.82) is 0 Å². The number of nitrogens with one attached hydrogen (secondary N) is 1. The number of ether oxygens (including phenoxy) is 1. The summed E-state index contributed by atoms with van der Waals surface area (Å²) >= 11 is 0. The minimum atomic E-state index is -0.523. The van der Waals surface area contributed by atoms with Crippen LogP contribution in [-0.4, -0.2) is 29.0 Å². The van der Waals surface area contributed by atoms with Gasteiger partial charge >= 0.3 is 0 Å². The van der Waals surface area contributed by atoms with E-state index >= 15 is 0 Å². The van der Waals surface area contributed by atoms with Crippen molar-refractivity contribution in [3.05, 3.63) is 11.9 Å². The number of hydrogen-bond donors (Lipinski definition) is 3. The first-order valence-corrected chi connectivity index (χ1v) is 4.71. The maximum absolute atomic E-state index is 10.9. The quantitative estimate of drug-likeness (QED) is 0.621. The van der Waals surface area contributed by atoms with E-state index in [0.717, 1.165) is 0 Å². The van der Waals surface area contributed by atoms with Gasteiger partial charge in [-0.3, -0.25) is 4.79 Å². The van der Waals surface area contributed by atoms with Gasteiger partial charge in [-0.2, -0.15) is 0 Å². The van der Waals surface area contributed by atoms with E-state index in [2.05, 4.69) is 15.3 Å². The van der Waals surface area contributed by atoms with Crippen LogP contribution in [-0.2, 0) is 16.1 Å². The van der Waals surface area contributed by atoms with E-state index in [-0.39, 0.29) is 6.61 Å². The lowest BCUT2D eigenvalue weighted by Gasteiger charge is -2.11. The fraction of sp³-hybridized carbons (Fsp3) is 0.444. The van der Waals surface area contributed by atoms with Gasteiger partial charge in [-0.05, 0) is 6.92 Å². The molecule has 0 saturated heterocycles. The van der Waals surface area contributed by atoms with Crippen molar-refractivity contribution >= 4 is 17.5 Å². The van der Waals surface area contributed by atoms with Crippen molar-refractivity contribution in [2.24, 2.45) is 5.73 Å². The average molecular weight is 225 g/mol. The second-order valence-corrected chi connectivity index (χ2v) is 3.30. The molecule has 1 atom stereocenters. The highest BCUT2D eigenvalue weighted by Crippen LogP contribution is 2.10. The molecule has 0 fully saturated rings. The van der Waals surface area contributed by atoms with Crippen molar-refractivity contribution in [2.75, 3.05) is 18.2 Å². The Bertz CT molecular complexity index is 382. The predicted molar refractivity (Wildman–Crippen MR) is 59.4 cm³/mol. The summed E-state index contributed by atoms with van der Waals surface area (Å²) in [4.78, 5) is 18.9. The third-order valence-corrected chi connectivity index (χ3v) is 1.86. The lowest BCUT2D eigenvalue weighted by atomic mass is 10.3. The Morgan fingerprint density at radius 3 is 2.88 bits per heavy atom. The first-order chi connectivity index (χ1) is 7.52. The number of carbonyl (C=O) groups is 1. The lowest BCUT2D eigenvalue weighted by molar-refractivity contribution is -0.118. The van der Waals surface area contributed by atoms with Gasteiger partial charge in [0.2, 0.25) is 5.91 Å². The largest absolute Gasteiger partial charge is 0.384 e. The fourth-order valence-electron chi connectivity index (χ4n) is 1.08. The maximum atomic E-state index is 10.9. The summed E-state index contributed by atoms with van der Waals surface area (Å²) < 4.78 is 4.89. The van der Waals surface area contributed by atoms with Crippen LogP contribution in [0.3, 0.4) is 0 Å². The third kappa shape index (κ3) is 3.35. The molecule has 1 heterocycles. The summed E-state index contributed by atoms with van der Waals surface area (Å²) in [6.45, 7) is 1.89. The number of aromatic nitrogens is 2. The number of hydrogen-bond acceptors (Lipinski definition) is 6. The summed E-state index contributed by atoms with van der Waals surface area (Å²) in [5.74, 6) is 0.735. The van der Waals surface area contributed by atoms with E-state index in [1.54, 1.807) is 6.92 Å². The van der Waals surface area contributed by atoms with Gasteiger partial charge in [-0.25, -0.2) is 9.97 Å². The molecule has 1 amide bonds. The summed E-state index contributed by atoms with van der Waals surface area (Å²) in [5, 5.41) is 2.82. The first kappa shape index (κ1) is 12.2. The molecule has 0 aliphatic rings. The molecule has 0 radical (unpaired) electrons. The van der Waals surface area contributed by atoms with Crippen LogP contribution in [0, 0.1) is 0 Å². The van der Waals surface area contributed by atoms with Gasteiger partial charge < -0.3 is 21.5 Å². The summed E-state index contributed by atoms with van der Waals surface area (Å²) in [6.07, 6.45) is 0. The number of carbonyl (C=O) groups excluding carboxylic acids is 1. The fourth-order valence-corrected chi connectivity index (χ4v) is 1.08. The number of amides is 1. The van der Waals surface area contributed by atoms with Crippen molar-refractivity contribution in [1.82, 2.24) is 9.97 Å². The standard InChI is InChI=1S/C9H15N5O2/c1-5(9(11)15)12-7-3-6(10)13-8(14-7)4-16-2/h3,5H,4H2,1-2H3,(H2,11,15)(H3,10,12,13,14). The van der Waals surface area contributed by atoms with Gasteiger partial charge in [-0.1, -0.05) is 0 Å². The van der Waals surface area contributed by atoms with Crippen LogP contribution in [0.5, 0.6) is 0 Å². The highest BCUT2D eigenvalue weighted by atomic mass is 16.5. The van der Waals surface area contributed by atoms with Crippen LogP contribution < -0.4 is 16.8 Å². The predicted octanol–water partition coefficient (Wildman–Crippen LogP) is -0.509. The SMILES string of the molecule is COCc1nc(N)cc(NC(C)C(N)=O)n1. The van der Waals surface area contributed by atoms with E-state index in [0.29, 0.717) is 17.5 Å². The lowest BCUT2D eigenvalue weighted by Crippen LogP contribution is -2.32. The molecular formula is C9H15N5O2. The second kappa shape index (κ2) is 5.26. The van der Waals surface area contributed by atoms with Gasteiger partial charge in [-0.15, -0.1) is 0 Å². The number of nitrogens with two attached hydrogens (primary N) is 2. The van der Waals surface area contributed by atoms with Gasteiger partial charge in [0.25, 0.3) is 0 Å². The van der Waals surface area contributed by atoms with E-state index in [9.17, 15) is 4.79 Å². The normalized spacial score (nSPS) is 12.1. The number of rotatable bonds is 5. The van der Waals surface area contributed by atoms with Crippen molar-refractivity contribution in [2.45, 2.75) is 19.6 Å². The van der Waals surface area contributed by atoms with Crippen LogP contribution in [0.25, 0.3) is 0 Å². The van der Waals surface area contributed by atoms with E-state index in [4.69, 9.17) is 16.2 Å². The number of anilines is 2. The monoisotopic (exact) mass is 225 g/mol. The molecule has 7 heteroatoms. The number of nitrogens with zero attached hydrogens (tertiary/aromatic N) is 2. The number of primary amides is 1. The van der Waals surface area contributed by atoms with Crippen LogP contribution in [0.4, 0.5) is 11.6 Å². The number of nitrogen functional groups attached to an aromatic ring is 1. The first-order valence-electron chi connectivity index (χ1n) is 4.71. The molecule has 0 spiro atoms. The molecule has 5 N–H and O–H groups in total. The van der Waals surface area contributed by atoms with E-state index in [1.807, 2.05) is 0 Å². The molecular weight excluding hydrogens is 210 g/mol. The van der Waals surface area contributed by atoms with Crippen molar-refractivity contribution in [3.63, 3.8) is 0 Å². The second-order valence-electron chi connectivity index (χ2n) is 3.30. The van der Waals surface area contributed by atoms with Gasteiger partial charge in [0.1, 0.15) is 24.3 Å².